The van der Waals surface area contributed by atoms with Crippen molar-refractivity contribution in [3.05, 3.63) is 23.8 Å². The molecule has 0 aromatic carbocycles. The van der Waals surface area contributed by atoms with Crippen molar-refractivity contribution in [1.29, 1.82) is 0 Å². The fourth-order valence-electron chi connectivity index (χ4n) is 1.24. The smallest absolute Gasteiger partial charge is 0.152 e. The second-order valence-corrected chi connectivity index (χ2v) is 2.97. The SMILES string of the molecule is CC(=O)/C=C/C1=CCCCC1. The first-order valence-electron chi connectivity index (χ1n) is 4.17. The first-order valence-corrected chi connectivity index (χ1v) is 4.17. The molecule has 0 saturated heterocycles. The molecule has 0 aliphatic heterocycles. The number of allylic oxidation sites excluding steroid dienone is 4. The van der Waals surface area contributed by atoms with Gasteiger partial charge in [0.2, 0.25) is 0 Å². The van der Waals surface area contributed by atoms with Crippen LogP contribution < -0.4 is 0 Å². The summed E-state index contributed by atoms with van der Waals surface area (Å²) in [5, 5.41) is 0. The van der Waals surface area contributed by atoms with E-state index in [1.807, 2.05) is 6.08 Å². The lowest BCUT2D eigenvalue weighted by atomic mass is 9.99. The van der Waals surface area contributed by atoms with Crippen LogP contribution in [0.25, 0.3) is 0 Å². The molecule has 0 saturated carbocycles. The molecule has 0 radical (unpaired) electrons. The summed E-state index contributed by atoms with van der Waals surface area (Å²) in [7, 11) is 0. The molecule has 0 amide bonds. The molecule has 60 valence electrons. The lowest BCUT2D eigenvalue weighted by Crippen LogP contribution is -1.89. The van der Waals surface area contributed by atoms with Crippen molar-refractivity contribution < 1.29 is 4.79 Å². The van der Waals surface area contributed by atoms with E-state index in [2.05, 4.69) is 6.08 Å². The minimum atomic E-state index is 0.136. The van der Waals surface area contributed by atoms with E-state index < -0.39 is 0 Å². The lowest BCUT2D eigenvalue weighted by molar-refractivity contribution is -0.112. The molecule has 0 aromatic heterocycles. The third kappa shape index (κ3) is 3.17. The quantitative estimate of drug-likeness (QED) is 0.553. The summed E-state index contributed by atoms with van der Waals surface area (Å²) in [5.41, 5.74) is 1.33. The van der Waals surface area contributed by atoms with Crippen LogP contribution in [0.3, 0.4) is 0 Å². The van der Waals surface area contributed by atoms with E-state index in [1.54, 1.807) is 13.0 Å². The van der Waals surface area contributed by atoms with Gasteiger partial charge in [0.15, 0.2) is 5.78 Å². The Kier molecular flexibility index (Phi) is 3.09. The van der Waals surface area contributed by atoms with Gasteiger partial charge in [-0.05, 0) is 38.7 Å². The van der Waals surface area contributed by atoms with Gasteiger partial charge < -0.3 is 0 Å². The average molecular weight is 150 g/mol. The highest BCUT2D eigenvalue weighted by Gasteiger charge is 1.99. The van der Waals surface area contributed by atoms with Crippen LogP contribution in [-0.4, -0.2) is 5.78 Å². The Morgan fingerprint density at radius 1 is 1.55 bits per heavy atom. The Bertz CT molecular complexity index is 199. The highest BCUT2D eigenvalue weighted by molar-refractivity contribution is 5.87. The minimum Gasteiger partial charge on any atom is -0.295 e. The van der Waals surface area contributed by atoms with Gasteiger partial charge >= 0.3 is 0 Å². The van der Waals surface area contributed by atoms with Crippen molar-refractivity contribution in [1.82, 2.24) is 0 Å². The third-order valence-electron chi connectivity index (χ3n) is 1.86. The average Bonchev–Trinajstić information content (AvgIpc) is 2.03. The van der Waals surface area contributed by atoms with Crippen LogP contribution in [0.4, 0.5) is 0 Å². The zero-order valence-corrected chi connectivity index (χ0v) is 6.97. The maximum Gasteiger partial charge on any atom is 0.152 e. The van der Waals surface area contributed by atoms with Crippen molar-refractivity contribution in [3.8, 4) is 0 Å². The first-order chi connectivity index (χ1) is 5.29. The number of rotatable bonds is 2. The Hall–Kier alpha value is -0.850. The molecule has 0 unspecified atom stereocenters. The predicted molar refractivity (Wildman–Crippen MR) is 46.4 cm³/mol. The fourth-order valence-corrected chi connectivity index (χ4v) is 1.24. The normalized spacial score (nSPS) is 18.5. The van der Waals surface area contributed by atoms with E-state index in [-0.39, 0.29) is 5.78 Å². The van der Waals surface area contributed by atoms with Crippen molar-refractivity contribution in [2.75, 3.05) is 0 Å². The summed E-state index contributed by atoms with van der Waals surface area (Å²) in [6, 6.07) is 0. The number of carbonyl (C=O) groups is 1. The summed E-state index contributed by atoms with van der Waals surface area (Å²) in [6.07, 6.45) is 10.7. The van der Waals surface area contributed by atoms with Crippen molar-refractivity contribution in [3.63, 3.8) is 0 Å². The zero-order chi connectivity index (χ0) is 8.10. The van der Waals surface area contributed by atoms with E-state index in [0.717, 1.165) is 6.42 Å². The molecular formula is C10H14O. The van der Waals surface area contributed by atoms with Crippen LogP contribution >= 0.6 is 0 Å². The van der Waals surface area contributed by atoms with E-state index in [9.17, 15) is 4.79 Å². The predicted octanol–water partition coefficient (Wildman–Crippen LogP) is 2.63. The molecule has 0 fully saturated rings. The molecule has 0 aromatic rings. The van der Waals surface area contributed by atoms with Crippen molar-refractivity contribution >= 4 is 5.78 Å². The molecule has 0 bridgehead atoms. The van der Waals surface area contributed by atoms with E-state index in [4.69, 9.17) is 0 Å². The van der Waals surface area contributed by atoms with Crippen molar-refractivity contribution in [2.24, 2.45) is 0 Å². The van der Waals surface area contributed by atoms with Gasteiger partial charge in [0.25, 0.3) is 0 Å². The van der Waals surface area contributed by atoms with Gasteiger partial charge in [-0.2, -0.15) is 0 Å². The molecule has 0 spiro atoms. The molecular weight excluding hydrogens is 136 g/mol. The van der Waals surface area contributed by atoms with Gasteiger partial charge in [-0.3, -0.25) is 4.79 Å². The summed E-state index contributed by atoms with van der Waals surface area (Å²) in [4.78, 5) is 10.6. The molecule has 1 nitrogen and oxygen atoms in total. The number of carbonyl (C=O) groups excluding carboxylic acids is 1. The second kappa shape index (κ2) is 4.12. The molecule has 0 N–H and O–H groups in total. The molecule has 1 rings (SSSR count). The van der Waals surface area contributed by atoms with Gasteiger partial charge in [-0.25, -0.2) is 0 Å². The highest BCUT2D eigenvalue weighted by Crippen LogP contribution is 2.17. The number of ketones is 1. The topological polar surface area (TPSA) is 17.1 Å². The van der Waals surface area contributed by atoms with Crippen LogP contribution in [-0.2, 0) is 4.79 Å². The standard InChI is InChI=1S/C10H14O/c1-9(11)7-8-10-5-3-2-4-6-10/h5,7-8H,2-4,6H2,1H3/b8-7+. The van der Waals surface area contributed by atoms with Crippen LogP contribution in [0.15, 0.2) is 23.8 Å². The van der Waals surface area contributed by atoms with Gasteiger partial charge in [0.1, 0.15) is 0 Å². The zero-order valence-electron chi connectivity index (χ0n) is 6.97. The summed E-state index contributed by atoms with van der Waals surface area (Å²) < 4.78 is 0. The van der Waals surface area contributed by atoms with Crippen LogP contribution in [0.1, 0.15) is 32.6 Å². The highest BCUT2D eigenvalue weighted by atomic mass is 16.1. The summed E-state index contributed by atoms with van der Waals surface area (Å²) in [5.74, 6) is 0.136. The van der Waals surface area contributed by atoms with E-state index in [0.29, 0.717) is 0 Å². The molecule has 0 heterocycles. The molecule has 11 heavy (non-hydrogen) atoms. The van der Waals surface area contributed by atoms with Gasteiger partial charge in [-0.1, -0.05) is 17.7 Å². The molecule has 1 aliphatic carbocycles. The molecule has 0 atom stereocenters. The number of hydrogen-bond acceptors (Lipinski definition) is 1. The van der Waals surface area contributed by atoms with E-state index >= 15 is 0 Å². The largest absolute Gasteiger partial charge is 0.295 e. The maximum absolute atomic E-state index is 10.6. The van der Waals surface area contributed by atoms with Crippen molar-refractivity contribution in [2.45, 2.75) is 32.6 Å². The first kappa shape index (κ1) is 8.25. The Balaban J connectivity index is 2.47. The summed E-state index contributed by atoms with van der Waals surface area (Å²) in [6.45, 7) is 1.58. The van der Waals surface area contributed by atoms with Crippen LogP contribution in [0, 0.1) is 0 Å². The van der Waals surface area contributed by atoms with Crippen LogP contribution in [0.5, 0.6) is 0 Å². The maximum atomic E-state index is 10.6. The van der Waals surface area contributed by atoms with Gasteiger partial charge in [0, 0.05) is 0 Å². The van der Waals surface area contributed by atoms with Gasteiger partial charge in [-0.15, -0.1) is 0 Å². The summed E-state index contributed by atoms with van der Waals surface area (Å²) >= 11 is 0. The Morgan fingerprint density at radius 3 is 2.91 bits per heavy atom. The number of hydrogen-bond donors (Lipinski definition) is 0. The van der Waals surface area contributed by atoms with Gasteiger partial charge in [0.05, 0.1) is 0 Å². The minimum absolute atomic E-state index is 0.136. The second-order valence-electron chi connectivity index (χ2n) is 2.97. The molecule has 1 heteroatoms. The lowest BCUT2D eigenvalue weighted by Gasteiger charge is -2.07. The fraction of sp³-hybridized carbons (Fsp3) is 0.500. The molecule has 1 aliphatic rings. The third-order valence-corrected chi connectivity index (χ3v) is 1.86. The van der Waals surface area contributed by atoms with Crippen LogP contribution in [0.2, 0.25) is 0 Å². The monoisotopic (exact) mass is 150 g/mol. The van der Waals surface area contributed by atoms with E-state index in [1.165, 1.54) is 24.8 Å². The Labute approximate surface area is 67.8 Å². The Morgan fingerprint density at radius 2 is 2.36 bits per heavy atom.